The van der Waals surface area contributed by atoms with Gasteiger partial charge in [0.2, 0.25) is 0 Å². The highest BCUT2D eigenvalue weighted by Gasteiger charge is 2.56. The molecular weight excluding hydrogens is 224 g/mol. The molecule has 3 unspecified atom stereocenters. The van der Waals surface area contributed by atoms with Crippen molar-refractivity contribution in [2.75, 3.05) is 0 Å². The standard InChI is InChI=1S/C13H17ClS/c1-7-6-8(2)15-13(7)12(14)11-9-4-3-5-10(9)11/h6,9-12H,3-5H2,1-2H3. The SMILES string of the molecule is Cc1cc(C)c(C(Cl)C2C3CCCC32)s1. The molecule has 15 heavy (non-hydrogen) atoms. The Morgan fingerprint density at radius 3 is 2.53 bits per heavy atom. The van der Waals surface area contributed by atoms with Crippen molar-refractivity contribution in [2.24, 2.45) is 17.8 Å². The van der Waals surface area contributed by atoms with Gasteiger partial charge in [0.1, 0.15) is 0 Å². The van der Waals surface area contributed by atoms with Crippen molar-refractivity contribution >= 4 is 22.9 Å². The Balaban J connectivity index is 1.80. The fraction of sp³-hybridized carbons (Fsp3) is 0.692. The van der Waals surface area contributed by atoms with Crippen LogP contribution >= 0.6 is 22.9 Å². The summed E-state index contributed by atoms with van der Waals surface area (Å²) in [5.41, 5.74) is 1.41. The minimum absolute atomic E-state index is 0.305. The first-order valence-electron chi connectivity index (χ1n) is 5.89. The van der Waals surface area contributed by atoms with Gasteiger partial charge in [0.05, 0.1) is 5.38 Å². The molecule has 0 radical (unpaired) electrons. The lowest BCUT2D eigenvalue weighted by Crippen LogP contribution is -1.97. The average Bonchev–Trinajstić information content (AvgIpc) is 2.58. The maximum Gasteiger partial charge on any atom is 0.0714 e. The van der Waals surface area contributed by atoms with Crippen LogP contribution in [-0.2, 0) is 0 Å². The van der Waals surface area contributed by atoms with E-state index in [9.17, 15) is 0 Å². The van der Waals surface area contributed by atoms with Crippen molar-refractivity contribution in [3.05, 3.63) is 21.4 Å². The Morgan fingerprint density at radius 1 is 1.33 bits per heavy atom. The number of hydrogen-bond acceptors (Lipinski definition) is 1. The van der Waals surface area contributed by atoms with Crippen LogP contribution < -0.4 is 0 Å². The minimum atomic E-state index is 0.305. The summed E-state index contributed by atoms with van der Waals surface area (Å²) >= 11 is 8.53. The summed E-state index contributed by atoms with van der Waals surface area (Å²) in [6.45, 7) is 4.38. The van der Waals surface area contributed by atoms with Gasteiger partial charge in [-0.1, -0.05) is 6.42 Å². The molecule has 0 bridgehead atoms. The van der Waals surface area contributed by atoms with E-state index in [4.69, 9.17) is 11.6 Å². The van der Waals surface area contributed by atoms with Gasteiger partial charge in [-0.25, -0.2) is 0 Å². The summed E-state index contributed by atoms with van der Waals surface area (Å²) < 4.78 is 0. The molecule has 2 heteroatoms. The van der Waals surface area contributed by atoms with E-state index in [1.165, 1.54) is 34.6 Å². The largest absolute Gasteiger partial charge is 0.144 e. The van der Waals surface area contributed by atoms with Crippen molar-refractivity contribution in [1.29, 1.82) is 0 Å². The van der Waals surface area contributed by atoms with Crippen LogP contribution in [0.5, 0.6) is 0 Å². The van der Waals surface area contributed by atoms with Crippen LogP contribution in [0.2, 0.25) is 0 Å². The molecular formula is C13H17ClS. The third-order valence-electron chi connectivity index (χ3n) is 4.14. The Morgan fingerprint density at radius 2 is 2.00 bits per heavy atom. The fourth-order valence-electron chi connectivity index (χ4n) is 3.42. The summed E-state index contributed by atoms with van der Waals surface area (Å²) in [5.74, 6) is 2.74. The number of aryl methyl sites for hydroxylation is 2. The van der Waals surface area contributed by atoms with Crippen LogP contribution in [0.25, 0.3) is 0 Å². The van der Waals surface area contributed by atoms with Crippen molar-refractivity contribution in [1.82, 2.24) is 0 Å². The van der Waals surface area contributed by atoms with Crippen molar-refractivity contribution in [3.8, 4) is 0 Å². The van der Waals surface area contributed by atoms with Crippen LogP contribution in [0.1, 0.15) is 40.0 Å². The maximum atomic E-state index is 6.63. The van der Waals surface area contributed by atoms with Crippen molar-refractivity contribution < 1.29 is 0 Å². The molecule has 0 aliphatic heterocycles. The molecule has 3 atom stereocenters. The maximum absolute atomic E-state index is 6.63. The van der Waals surface area contributed by atoms with E-state index in [-0.39, 0.29) is 0 Å². The first-order chi connectivity index (χ1) is 7.18. The molecule has 3 rings (SSSR count). The predicted octanol–water partition coefficient (Wildman–Crippen LogP) is 4.69. The van der Waals surface area contributed by atoms with E-state index >= 15 is 0 Å². The Labute approximate surface area is 101 Å². The normalized spacial score (nSPS) is 35.3. The molecule has 2 fully saturated rings. The number of rotatable bonds is 2. The zero-order valence-electron chi connectivity index (χ0n) is 9.29. The number of alkyl halides is 1. The van der Waals surface area contributed by atoms with Gasteiger partial charge in [0.25, 0.3) is 0 Å². The smallest absolute Gasteiger partial charge is 0.0714 e. The molecule has 0 spiro atoms. The molecule has 1 heterocycles. The lowest BCUT2D eigenvalue weighted by molar-refractivity contribution is 0.576. The van der Waals surface area contributed by atoms with Gasteiger partial charge < -0.3 is 0 Å². The molecule has 2 saturated carbocycles. The zero-order chi connectivity index (χ0) is 10.6. The molecule has 1 aromatic rings. The molecule has 2 aliphatic rings. The first kappa shape index (κ1) is 10.2. The second kappa shape index (κ2) is 3.49. The van der Waals surface area contributed by atoms with Gasteiger partial charge in [0, 0.05) is 9.75 Å². The molecule has 0 N–H and O–H groups in total. The van der Waals surface area contributed by atoms with Crippen LogP contribution in [0.15, 0.2) is 6.07 Å². The quantitative estimate of drug-likeness (QED) is 0.658. The highest BCUT2D eigenvalue weighted by molar-refractivity contribution is 7.12. The van der Waals surface area contributed by atoms with Crippen molar-refractivity contribution in [2.45, 2.75) is 38.5 Å². The zero-order valence-corrected chi connectivity index (χ0v) is 10.9. The molecule has 1 aromatic heterocycles. The second-order valence-electron chi connectivity index (χ2n) is 5.14. The van der Waals surface area contributed by atoms with E-state index in [1.807, 2.05) is 11.3 Å². The Bertz CT molecular complexity index is 372. The predicted molar refractivity (Wildman–Crippen MR) is 66.7 cm³/mol. The number of thiophene rings is 1. The summed E-state index contributed by atoms with van der Waals surface area (Å²) in [6, 6.07) is 2.27. The lowest BCUT2D eigenvalue weighted by atomic mass is 10.1. The molecule has 0 saturated heterocycles. The van der Waals surface area contributed by atoms with Crippen molar-refractivity contribution in [3.63, 3.8) is 0 Å². The minimum Gasteiger partial charge on any atom is -0.144 e. The highest BCUT2D eigenvalue weighted by atomic mass is 35.5. The molecule has 0 aromatic carbocycles. The van der Waals surface area contributed by atoms with E-state index in [0.29, 0.717) is 5.38 Å². The summed E-state index contributed by atoms with van der Waals surface area (Å²) in [4.78, 5) is 2.84. The van der Waals surface area contributed by atoms with Gasteiger partial charge >= 0.3 is 0 Å². The Hall–Kier alpha value is -0.0100. The number of halogens is 1. The van der Waals surface area contributed by atoms with Gasteiger partial charge in [0.15, 0.2) is 0 Å². The fourth-order valence-corrected chi connectivity index (χ4v) is 5.17. The average molecular weight is 241 g/mol. The molecule has 0 nitrogen and oxygen atoms in total. The van der Waals surface area contributed by atoms with E-state index in [2.05, 4.69) is 19.9 Å². The number of hydrogen-bond donors (Lipinski definition) is 0. The molecule has 0 amide bonds. The van der Waals surface area contributed by atoms with Gasteiger partial charge in [-0.15, -0.1) is 22.9 Å². The third-order valence-corrected chi connectivity index (χ3v) is 6.01. The lowest BCUT2D eigenvalue weighted by Gasteiger charge is -2.10. The van der Waals surface area contributed by atoms with Crippen LogP contribution in [0.3, 0.4) is 0 Å². The Kier molecular flexibility index (Phi) is 2.37. The third kappa shape index (κ3) is 1.55. The molecule has 82 valence electrons. The van der Waals surface area contributed by atoms with Crippen LogP contribution in [0.4, 0.5) is 0 Å². The molecule has 2 aliphatic carbocycles. The topological polar surface area (TPSA) is 0 Å². The van der Waals surface area contributed by atoms with Crippen LogP contribution in [0, 0.1) is 31.6 Å². The summed E-state index contributed by atoms with van der Waals surface area (Å²) in [5, 5.41) is 0.305. The van der Waals surface area contributed by atoms with Crippen LogP contribution in [-0.4, -0.2) is 0 Å². The highest BCUT2D eigenvalue weighted by Crippen LogP contribution is 2.64. The first-order valence-corrected chi connectivity index (χ1v) is 7.15. The summed E-state index contributed by atoms with van der Waals surface area (Å²) in [6.07, 6.45) is 4.31. The van der Waals surface area contributed by atoms with Gasteiger partial charge in [-0.3, -0.25) is 0 Å². The monoisotopic (exact) mass is 240 g/mol. The van der Waals surface area contributed by atoms with E-state index < -0.39 is 0 Å². The van der Waals surface area contributed by atoms with Gasteiger partial charge in [-0.05, 0) is 56.1 Å². The van der Waals surface area contributed by atoms with Gasteiger partial charge in [-0.2, -0.15) is 0 Å². The number of fused-ring (bicyclic) bond motifs is 1. The van der Waals surface area contributed by atoms with E-state index in [0.717, 1.165) is 17.8 Å². The second-order valence-corrected chi connectivity index (χ2v) is 6.90. The van der Waals surface area contributed by atoms with E-state index in [1.54, 1.807) is 0 Å². The summed E-state index contributed by atoms with van der Waals surface area (Å²) in [7, 11) is 0.